The fourth-order valence-corrected chi connectivity index (χ4v) is 3.80. The Hall–Kier alpha value is -1.04. The van der Waals surface area contributed by atoms with Gasteiger partial charge in [0.15, 0.2) is 0 Å². The third-order valence-electron chi connectivity index (χ3n) is 5.75. The molecule has 2 aliphatic rings. The van der Waals surface area contributed by atoms with Crippen molar-refractivity contribution >= 4 is 5.91 Å². The van der Waals surface area contributed by atoms with E-state index in [1.165, 1.54) is 12.8 Å². The van der Waals surface area contributed by atoms with Crippen LogP contribution in [0.25, 0.3) is 0 Å². The predicted octanol–water partition coefficient (Wildman–Crippen LogP) is 3.99. The highest BCUT2D eigenvalue weighted by Gasteiger charge is 2.37. The van der Waals surface area contributed by atoms with Crippen LogP contribution in [0, 0.1) is 34.0 Å². The first-order valence-electron chi connectivity index (χ1n) is 8.45. The molecule has 1 amide bonds. The van der Waals surface area contributed by atoms with Crippen LogP contribution in [0.5, 0.6) is 0 Å². The summed E-state index contributed by atoms with van der Waals surface area (Å²) >= 11 is 0. The van der Waals surface area contributed by atoms with Crippen molar-refractivity contribution in [3.05, 3.63) is 0 Å². The van der Waals surface area contributed by atoms with Crippen molar-refractivity contribution in [1.82, 2.24) is 4.90 Å². The van der Waals surface area contributed by atoms with E-state index in [2.05, 4.69) is 26.8 Å². The van der Waals surface area contributed by atoms with Crippen LogP contribution in [0.4, 0.5) is 0 Å². The summed E-state index contributed by atoms with van der Waals surface area (Å²) in [6, 6.07) is 2.40. The van der Waals surface area contributed by atoms with Gasteiger partial charge in [-0.05, 0) is 56.8 Å². The molecule has 0 aromatic heterocycles. The van der Waals surface area contributed by atoms with E-state index in [-0.39, 0.29) is 11.3 Å². The number of nitrogens with zero attached hydrogens (tertiary/aromatic N) is 2. The lowest BCUT2D eigenvalue weighted by Crippen LogP contribution is -2.45. The van der Waals surface area contributed by atoms with Gasteiger partial charge >= 0.3 is 0 Å². The van der Waals surface area contributed by atoms with Crippen molar-refractivity contribution in [3.63, 3.8) is 0 Å². The van der Waals surface area contributed by atoms with E-state index in [4.69, 9.17) is 0 Å². The van der Waals surface area contributed by atoms with E-state index in [0.29, 0.717) is 11.3 Å². The van der Waals surface area contributed by atoms with Gasteiger partial charge < -0.3 is 4.90 Å². The van der Waals surface area contributed by atoms with Gasteiger partial charge in [-0.3, -0.25) is 4.79 Å². The van der Waals surface area contributed by atoms with Gasteiger partial charge in [-0.15, -0.1) is 0 Å². The molecule has 2 rings (SSSR count). The highest BCUT2D eigenvalue weighted by Crippen LogP contribution is 2.40. The van der Waals surface area contributed by atoms with Gasteiger partial charge in [-0.2, -0.15) is 5.26 Å². The molecule has 0 N–H and O–H groups in total. The van der Waals surface area contributed by atoms with Gasteiger partial charge in [-0.1, -0.05) is 20.8 Å². The normalized spacial score (nSPS) is 29.8. The summed E-state index contributed by atoms with van der Waals surface area (Å²) in [6.07, 6.45) is 6.12. The van der Waals surface area contributed by atoms with Gasteiger partial charge in [0.1, 0.15) is 0 Å². The van der Waals surface area contributed by atoms with Gasteiger partial charge in [-0.25, -0.2) is 0 Å². The molecule has 1 heterocycles. The Labute approximate surface area is 129 Å². The average molecular weight is 290 g/mol. The summed E-state index contributed by atoms with van der Waals surface area (Å²) in [6.45, 7) is 10.5. The molecule has 118 valence electrons. The Morgan fingerprint density at radius 2 is 1.67 bits per heavy atom. The summed E-state index contributed by atoms with van der Waals surface area (Å²) < 4.78 is 0. The van der Waals surface area contributed by atoms with E-state index in [9.17, 15) is 10.1 Å². The van der Waals surface area contributed by atoms with Gasteiger partial charge in [0.05, 0.1) is 11.5 Å². The maximum atomic E-state index is 12.7. The second-order valence-electron chi connectivity index (χ2n) is 8.41. The quantitative estimate of drug-likeness (QED) is 0.733. The molecule has 0 aromatic carbocycles. The highest BCUT2D eigenvalue weighted by molar-refractivity contribution is 5.79. The zero-order valence-electron chi connectivity index (χ0n) is 14.1. The number of amides is 1. The lowest BCUT2D eigenvalue weighted by molar-refractivity contribution is -0.139. The zero-order valence-corrected chi connectivity index (χ0v) is 14.1. The summed E-state index contributed by atoms with van der Waals surface area (Å²) in [4.78, 5) is 14.7. The van der Waals surface area contributed by atoms with Crippen molar-refractivity contribution in [1.29, 1.82) is 5.26 Å². The van der Waals surface area contributed by atoms with E-state index in [1.807, 2.05) is 11.8 Å². The number of likely N-dealkylation sites (tertiary alicyclic amines) is 1. The Morgan fingerprint density at radius 1 is 1.14 bits per heavy atom. The monoisotopic (exact) mass is 290 g/mol. The number of piperidine rings is 1. The second kappa shape index (κ2) is 5.99. The minimum absolute atomic E-state index is 0.222. The van der Waals surface area contributed by atoms with Crippen molar-refractivity contribution in [2.75, 3.05) is 13.1 Å². The third-order valence-corrected chi connectivity index (χ3v) is 5.75. The smallest absolute Gasteiger partial charge is 0.225 e. The van der Waals surface area contributed by atoms with Crippen molar-refractivity contribution in [3.8, 4) is 6.07 Å². The minimum Gasteiger partial charge on any atom is -0.342 e. The summed E-state index contributed by atoms with van der Waals surface area (Å²) in [7, 11) is 0. The van der Waals surface area contributed by atoms with E-state index < -0.39 is 0 Å². The molecular formula is C18H30N2O. The van der Waals surface area contributed by atoms with Crippen molar-refractivity contribution < 1.29 is 4.79 Å². The van der Waals surface area contributed by atoms with Crippen LogP contribution in [0.2, 0.25) is 0 Å². The summed E-state index contributed by atoms with van der Waals surface area (Å²) in [5, 5.41) is 9.18. The second-order valence-corrected chi connectivity index (χ2v) is 8.41. The number of carbonyl (C=O) groups excluding carboxylic acids is 1. The third kappa shape index (κ3) is 3.78. The first kappa shape index (κ1) is 16.3. The molecule has 2 fully saturated rings. The summed E-state index contributed by atoms with van der Waals surface area (Å²) in [5.74, 6) is 1.34. The molecule has 0 unspecified atom stereocenters. The Balaban J connectivity index is 1.85. The predicted molar refractivity (Wildman–Crippen MR) is 84.4 cm³/mol. The lowest BCUT2D eigenvalue weighted by atomic mass is 9.69. The Morgan fingerprint density at radius 3 is 2.10 bits per heavy atom. The van der Waals surface area contributed by atoms with Crippen LogP contribution in [0.15, 0.2) is 0 Å². The first-order chi connectivity index (χ1) is 9.75. The molecule has 1 aliphatic heterocycles. The van der Waals surface area contributed by atoms with Crippen LogP contribution < -0.4 is 0 Å². The topological polar surface area (TPSA) is 44.1 Å². The van der Waals surface area contributed by atoms with Crippen molar-refractivity contribution in [2.24, 2.45) is 22.7 Å². The van der Waals surface area contributed by atoms with Crippen LogP contribution in [-0.2, 0) is 4.79 Å². The summed E-state index contributed by atoms with van der Waals surface area (Å²) in [5.41, 5.74) is 0.147. The standard InChI is InChI=1S/C18H30N2O/c1-17(2,3)15-7-5-14(6-8-15)16(21)20-11-9-18(4,13-19)10-12-20/h14-15H,5-12H2,1-4H3. The molecule has 0 bridgehead atoms. The molecule has 0 atom stereocenters. The number of carbonyl (C=O) groups is 1. The van der Waals surface area contributed by atoms with Crippen LogP contribution in [-0.4, -0.2) is 23.9 Å². The van der Waals surface area contributed by atoms with E-state index in [1.54, 1.807) is 0 Å². The number of nitriles is 1. The zero-order chi connectivity index (χ0) is 15.7. The number of hydrogen-bond donors (Lipinski definition) is 0. The average Bonchev–Trinajstić information content (AvgIpc) is 2.47. The molecule has 3 nitrogen and oxygen atoms in total. The SMILES string of the molecule is CC1(C#N)CCN(C(=O)C2CCC(C(C)(C)C)CC2)CC1. The molecule has 0 spiro atoms. The molecule has 1 saturated heterocycles. The van der Waals surface area contributed by atoms with Crippen molar-refractivity contribution in [2.45, 2.75) is 66.2 Å². The largest absolute Gasteiger partial charge is 0.342 e. The maximum absolute atomic E-state index is 12.7. The van der Waals surface area contributed by atoms with Crippen LogP contribution in [0.1, 0.15) is 66.2 Å². The molecule has 21 heavy (non-hydrogen) atoms. The number of rotatable bonds is 1. The molecule has 0 radical (unpaired) electrons. The van der Waals surface area contributed by atoms with Gasteiger partial charge in [0.25, 0.3) is 0 Å². The molecular weight excluding hydrogens is 260 g/mol. The van der Waals surface area contributed by atoms with Crippen LogP contribution in [0.3, 0.4) is 0 Å². The molecule has 1 aliphatic carbocycles. The fraction of sp³-hybridized carbons (Fsp3) is 0.889. The highest BCUT2D eigenvalue weighted by atomic mass is 16.2. The lowest BCUT2D eigenvalue weighted by Gasteiger charge is -2.40. The van der Waals surface area contributed by atoms with Gasteiger partial charge in [0.2, 0.25) is 5.91 Å². The maximum Gasteiger partial charge on any atom is 0.225 e. The molecule has 0 aromatic rings. The molecule has 3 heteroatoms. The minimum atomic E-state index is -0.222. The number of hydrogen-bond acceptors (Lipinski definition) is 2. The molecule has 1 saturated carbocycles. The van der Waals surface area contributed by atoms with Gasteiger partial charge in [0, 0.05) is 19.0 Å². The first-order valence-corrected chi connectivity index (χ1v) is 8.45. The van der Waals surface area contributed by atoms with E-state index >= 15 is 0 Å². The Kier molecular flexibility index (Phi) is 4.66. The fourth-order valence-electron chi connectivity index (χ4n) is 3.80. The Bertz CT molecular complexity index is 413. The van der Waals surface area contributed by atoms with Crippen LogP contribution >= 0.6 is 0 Å². The van der Waals surface area contributed by atoms with E-state index in [0.717, 1.165) is 44.7 Å².